The van der Waals surface area contributed by atoms with Crippen LogP contribution >= 0.6 is 0 Å². The molecule has 0 unspecified atom stereocenters. The molecule has 0 aliphatic heterocycles. The van der Waals surface area contributed by atoms with Gasteiger partial charge in [-0.1, -0.05) is 35.9 Å². The number of nitrogens with zero attached hydrogens (tertiary/aromatic N) is 2. The molecule has 2 rings (SSSR count). The lowest BCUT2D eigenvalue weighted by atomic mass is 10.1. The molecule has 0 aliphatic rings. The smallest absolute Gasteiger partial charge is 0.253 e. The van der Waals surface area contributed by atoms with Gasteiger partial charge in [-0.05, 0) is 49.6 Å². The van der Waals surface area contributed by atoms with Gasteiger partial charge in [0.2, 0.25) is 0 Å². The lowest BCUT2D eigenvalue weighted by molar-refractivity contribution is 0.0827. The van der Waals surface area contributed by atoms with Gasteiger partial charge in [-0.2, -0.15) is 0 Å². The van der Waals surface area contributed by atoms with E-state index >= 15 is 0 Å². The number of benzene rings is 2. The van der Waals surface area contributed by atoms with E-state index in [-0.39, 0.29) is 5.91 Å². The Hall–Kier alpha value is -2.82. The Balaban J connectivity index is 2.01. The van der Waals surface area contributed by atoms with Gasteiger partial charge in [0.15, 0.2) is 5.96 Å². The van der Waals surface area contributed by atoms with E-state index in [1.807, 2.05) is 24.3 Å². The normalized spacial score (nSPS) is 11.2. The van der Waals surface area contributed by atoms with Crippen LogP contribution in [0.5, 0.6) is 0 Å². The van der Waals surface area contributed by atoms with Gasteiger partial charge in [-0.3, -0.25) is 4.79 Å². The van der Waals surface area contributed by atoms with Crippen LogP contribution in [0.15, 0.2) is 47.5 Å². The average Bonchev–Trinajstić information content (AvgIpc) is 2.65. The van der Waals surface area contributed by atoms with E-state index in [0.717, 1.165) is 24.6 Å². The second-order valence-electron chi connectivity index (χ2n) is 6.88. The number of hydrogen-bond acceptors (Lipinski definition) is 2. The van der Waals surface area contributed by atoms with Gasteiger partial charge in [-0.25, -0.2) is 4.99 Å². The second kappa shape index (κ2) is 9.76. The Kier molecular flexibility index (Phi) is 7.41. The summed E-state index contributed by atoms with van der Waals surface area (Å²) >= 11 is 0. The van der Waals surface area contributed by atoms with Crippen LogP contribution in [-0.4, -0.2) is 37.4 Å². The van der Waals surface area contributed by atoms with Crippen molar-refractivity contribution < 1.29 is 4.79 Å². The lowest BCUT2D eigenvalue weighted by Gasteiger charge is -2.13. The number of guanidine groups is 1. The predicted octanol–water partition coefficient (Wildman–Crippen LogP) is 3.26. The van der Waals surface area contributed by atoms with Crippen LogP contribution in [0.1, 0.15) is 39.5 Å². The van der Waals surface area contributed by atoms with Crippen LogP contribution in [0.2, 0.25) is 0 Å². The molecular formula is C22H30N4O. The molecule has 2 aromatic rings. The van der Waals surface area contributed by atoms with Crippen LogP contribution in [0, 0.1) is 13.8 Å². The first-order valence-electron chi connectivity index (χ1n) is 9.29. The predicted molar refractivity (Wildman–Crippen MR) is 112 cm³/mol. The van der Waals surface area contributed by atoms with E-state index in [9.17, 15) is 4.79 Å². The minimum absolute atomic E-state index is 0.00789. The third kappa shape index (κ3) is 6.13. The molecule has 27 heavy (non-hydrogen) atoms. The monoisotopic (exact) mass is 366 g/mol. The van der Waals surface area contributed by atoms with Crippen molar-refractivity contribution in [3.8, 4) is 0 Å². The van der Waals surface area contributed by atoms with Crippen molar-refractivity contribution in [2.45, 2.75) is 33.9 Å². The van der Waals surface area contributed by atoms with E-state index in [1.54, 1.807) is 19.0 Å². The Bertz CT molecular complexity index is 794. The van der Waals surface area contributed by atoms with Gasteiger partial charge < -0.3 is 15.5 Å². The van der Waals surface area contributed by atoms with Crippen LogP contribution in [0.3, 0.4) is 0 Å². The number of carbonyl (C=O) groups excluding carboxylic acids is 1. The van der Waals surface area contributed by atoms with E-state index in [4.69, 9.17) is 0 Å². The first-order valence-corrected chi connectivity index (χ1v) is 9.29. The van der Waals surface area contributed by atoms with Crippen molar-refractivity contribution in [1.29, 1.82) is 0 Å². The highest BCUT2D eigenvalue weighted by Gasteiger charge is 2.07. The zero-order valence-corrected chi connectivity index (χ0v) is 17.0. The summed E-state index contributed by atoms with van der Waals surface area (Å²) in [7, 11) is 3.51. The highest BCUT2D eigenvalue weighted by Crippen LogP contribution is 2.10. The molecule has 5 heteroatoms. The number of aliphatic imine (C=N–C) groups is 1. The quantitative estimate of drug-likeness (QED) is 0.609. The summed E-state index contributed by atoms with van der Waals surface area (Å²) < 4.78 is 0. The number of rotatable bonds is 6. The van der Waals surface area contributed by atoms with Crippen molar-refractivity contribution in [3.05, 3.63) is 70.3 Å². The molecule has 0 atom stereocenters. The van der Waals surface area contributed by atoms with Crippen LogP contribution in [0.25, 0.3) is 0 Å². The van der Waals surface area contributed by atoms with Crippen molar-refractivity contribution in [3.63, 3.8) is 0 Å². The molecule has 0 aliphatic carbocycles. The van der Waals surface area contributed by atoms with Crippen molar-refractivity contribution in [1.82, 2.24) is 15.5 Å². The fourth-order valence-electron chi connectivity index (χ4n) is 2.75. The minimum atomic E-state index is 0.00789. The second-order valence-corrected chi connectivity index (χ2v) is 6.88. The summed E-state index contributed by atoms with van der Waals surface area (Å²) in [5.74, 6) is 0.791. The van der Waals surface area contributed by atoms with Crippen LogP contribution < -0.4 is 10.6 Å². The van der Waals surface area contributed by atoms with Gasteiger partial charge in [-0.15, -0.1) is 0 Å². The molecule has 1 amide bonds. The minimum Gasteiger partial charge on any atom is -0.357 e. The maximum atomic E-state index is 12.0. The maximum Gasteiger partial charge on any atom is 0.253 e. The maximum absolute atomic E-state index is 12.0. The summed E-state index contributed by atoms with van der Waals surface area (Å²) in [6.07, 6.45) is 0. The zero-order chi connectivity index (χ0) is 19.8. The van der Waals surface area contributed by atoms with E-state index in [1.165, 1.54) is 16.7 Å². The van der Waals surface area contributed by atoms with Gasteiger partial charge >= 0.3 is 0 Å². The molecule has 0 heterocycles. The molecule has 0 bridgehead atoms. The lowest BCUT2D eigenvalue weighted by Crippen LogP contribution is -2.36. The summed E-state index contributed by atoms with van der Waals surface area (Å²) in [5, 5.41) is 6.67. The molecule has 0 radical (unpaired) electrons. The molecule has 144 valence electrons. The highest BCUT2D eigenvalue weighted by molar-refractivity contribution is 5.93. The molecule has 0 spiro atoms. The van der Waals surface area contributed by atoms with Crippen LogP contribution in [0.4, 0.5) is 0 Å². The van der Waals surface area contributed by atoms with Crippen molar-refractivity contribution >= 4 is 11.9 Å². The average molecular weight is 367 g/mol. The zero-order valence-electron chi connectivity index (χ0n) is 17.0. The topological polar surface area (TPSA) is 56.7 Å². The SMILES string of the molecule is CCNC(=NCc1ccc(C(=O)N(C)C)cc1)NCc1ccc(C)cc1C. The van der Waals surface area contributed by atoms with Gasteiger partial charge in [0.1, 0.15) is 0 Å². The Morgan fingerprint density at radius 3 is 2.33 bits per heavy atom. The Morgan fingerprint density at radius 2 is 1.74 bits per heavy atom. The standard InChI is InChI=1S/C22H30N4O/c1-6-23-22(25-15-20-10-7-16(2)13-17(20)3)24-14-18-8-11-19(12-9-18)21(27)26(4)5/h7-13H,6,14-15H2,1-5H3,(H2,23,24,25). The van der Waals surface area contributed by atoms with Gasteiger partial charge in [0.05, 0.1) is 6.54 Å². The molecule has 0 saturated carbocycles. The molecule has 0 fully saturated rings. The number of carbonyl (C=O) groups is 1. The fourth-order valence-corrected chi connectivity index (χ4v) is 2.75. The Labute approximate surface area is 162 Å². The van der Waals surface area contributed by atoms with Crippen molar-refractivity contribution in [2.24, 2.45) is 4.99 Å². The van der Waals surface area contributed by atoms with Gasteiger partial charge in [0.25, 0.3) is 5.91 Å². The molecule has 2 aromatic carbocycles. The third-order valence-electron chi connectivity index (χ3n) is 4.32. The molecule has 0 saturated heterocycles. The summed E-state index contributed by atoms with van der Waals surface area (Å²) in [5.41, 5.74) is 5.56. The van der Waals surface area contributed by atoms with Crippen LogP contribution in [-0.2, 0) is 13.1 Å². The molecule has 0 aromatic heterocycles. The molecule has 2 N–H and O–H groups in total. The number of amides is 1. The van der Waals surface area contributed by atoms with E-state index < -0.39 is 0 Å². The van der Waals surface area contributed by atoms with Gasteiger partial charge in [0, 0.05) is 32.7 Å². The summed E-state index contributed by atoms with van der Waals surface area (Å²) in [6.45, 7) is 8.37. The first kappa shape index (κ1) is 20.5. The summed E-state index contributed by atoms with van der Waals surface area (Å²) in [6, 6.07) is 14.1. The third-order valence-corrected chi connectivity index (χ3v) is 4.32. The fraction of sp³-hybridized carbons (Fsp3) is 0.364. The first-order chi connectivity index (χ1) is 12.9. The van der Waals surface area contributed by atoms with E-state index in [2.05, 4.69) is 54.6 Å². The molecule has 5 nitrogen and oxygen atoms in total. The number of hydrogen-bond donors (Lipinski definition) is 2. The molecular weight excluding hydrogens is 336 g/mol. The largest absolute Gasteiger partial charge is 0.357 e. The number of nitrogens with one attached hydrogen (secondary N) is 2. The summed E-state index contributed by atoms with van der Waals surface area (Å²) in [4.78, 5) is 18.2. The van der Waals surface area contributed by atoms with E-state index in [0.29, 0.717) is 12.1 Å². The Morgan fingerprint density at radius 1 is 1.04 bits per heavy atom. The van der Waals surface area contributed by atoms with Crippen molar-refractivity contribution in [2.75, 3.05) is 20.6 Å². The highest BCUT2D eigenvalue weighted by atomic mass is 16.2. The number of aryl methyl sites for hydroxylation is 2.